The zero-order chi connectivity index (χ0) is 11.7. The molecule has 0 aliphatic rings. The first-order valence-corrected chi connectivity index (χ1v) is 5.68. The van der Waals surface area contributed by atoms with Crippen molar-refractivity contribution in [1.82, 2.24) is 10.6 Å². The van der Waals surface area contributed by atoms with Crippen molar-refractivity contribution in [2.24, 2.45) is 0 Å². The lowest BCUT2D eigenvalue weighted by Crippen LogP contribution is -2.46. The van der Waals surface area contributed by atoms with Crippen molar-refractivity contribution in [2.45, 2.75) is 45.6 Å². The van der Waals surface area contributed by atoms with Gasteiger partial charge in [-0.15, -0.1) is 6.54 Å². The lowest BCUT2D eigenvalue weighted by Gasteiger charge is -2.28. The van der Waals surface area contributed by atoms with Crippen LogP contribution in [-0.2, 0) is 4.79 Å². The van der Waals surface area contributed by atoms with Crippen molar-refractivity contribution in [1.29, 1.82) is 0 Å². The average molecular weight is 214 g/mol. The molecule has 0 aliphatic heterocycles. The van der Waals surface area contributed by atoms with Gasteiger partial charge in [0.2, 0.25) is 5.91 Å². The number of amides is 1. The smallest absolute Gasteiger partial charge is 0.233 e. The molecule has 0 atom stereocenters. The van der Waals surface area contributed by atoms with Crippen LogP contribution in [0, 0.1) is 0 Å². The zero-order valence-corrected chi connectivity index (χ0v) is 10.2. The summed E-state index contributed by atoms with van der Waals surface area (Å²) in [4.78, 5) is 11.3. The number of carbonyl (C=O) groups is 1. The van der Waals surface area contributed by atoms with E-state index in [9.17, 15) is 4.79 Å². The molecule has 0 aromatic rings. The summed E-state index contributed by atoms with van der Waals surface area (Å²) in [6, 6.07) is 0. The molecule has 0 bridgehead atoms. The summed E-state index contributed by atoms with van der Waals surface area (Å²) < 4.78 is 0. The van der Waals surface area contributed by atoms with Crippen molar-refractivity contribution < 1.29 is 4.79 Å². The number of hydrogen-bond acceptors (Lipinski definition) is 2. The summed E-state index contributed by atoms with van der Waals surface area (Å²) in [5.41, 5.74) is 6.97. The van der Waals surface area contributed by atoms with Crippen molar-refractivity contribution in [2.75, 3.05) is 19.6 Å². The number of unbranched alkanes of at least 4 members (excludes halogenated alkanes) is 2. The van der Waals surface area contributed by atoms with Crippen LogP contribution in [0.4, 0.5) is 0 Å². The average Bonchev–Trinajstić information content (AvgIpc) is 2.22. The Morgan fingerprint density at radius 3 is 2.53 bits per heavy atom. The summed E-state index contributed by atoms with van der Waals surface area (Å²) in [5, 5.41) is 5.90. The highest BCUT2D eigenvalue weighted by molar-refractivity contribution is 5.78. The molecule has 0 saturated carbocycles. The van der Waals surface area contributed by atoms with Gasteiger partial charge in [-0.1, -0.05) is 19.8 Å². The predicted octanol–water partition coefficient (Wildman–Crippen LogP) is 1.71. The molecule has 4 heteroatoms. The normalized spacial score (nSPS) is 11.5. The highest BCUT2D eigenvalue weighted by Gasteiger charge is 2.12. The van der Waals surface area contributed by atoms with Gasteiger partial charge in [0, 0.05) is 6.54 Å². The molecule has 0 aromatic heterocycles. The first-order chi connectivity index (χ1) is 7.02. The Balaban J connectivity index is 3.49. The molecule has 0 spiro atoms. The van der Waals surface area contributed by atoms with Crippen LogP contribution in [0.5, 0.6) is 0 Å². The third kappa shape index (κ3) is 8.39. The van der Waals surface area contributed by atoms with Crippen LogP contribution in [0.2, 0.25) is 0 Å². The van der Waals surface area contributed by atoms with E-state index in [1.165, 1.54) is 6.42 Å². The fraction of sp³-hybridized carbons (Fsp3) is 0.909. The van der Waals surface area contributed by atoms with Gasteiger partial charge >= 0.3 is 0 Å². The number of rotatable bonds is 8. The van der Waals surface area contributed by atoms with E-state index in [1.807, 2.05) is 13.8 Å². The molecule has 15 heavy (non-hydrogen) atoms. The quantitative estimate of drug-likeness (QED) is 0.604. The molecule has 0 rings (SSSR count). The monoisotopic (exact) mass is 214 g/mol. The molecule has 4 nitrogen and oxygen atoms in total. The first-order valence-electron chi connectivity index (χ1n) is 5.68. The molecule has 0 aromatic carbocycles. The lowest BCUT2D eigenvalue weighted by atomic mass is 10.1. The molecular weight excluding hydrogens is 190 g/mol. The van der Waals surface area contributed by atoms with Gasteiger partial charge in [0.05, 0.1) is 6.54 Å². The van der Waals surface area contributed by atoms with Crippen LogP contribution in [0.25, 0.3) is 5.73 Å². The summed E-state index contributed by atoms with van der Waals surface area (Å²) in [6.45, 7) is 7.32. The van der Waals surface area contributed by atoms with Gasteiger partial charge in [-0.3, -0.25) is 4.79 Å². The SMILES string of the molecule is CCCCCNC(=O)CNC(C)(C)C[NH-]. The van der Waals surface area contributed by atoms with Crippen LogP contribution >= 0.6 is 0 Å². The Kier molecular flexibility index (Phi) is 7.34. The fourth-order valence-electron chi connectivity index (χ4n) is 1.05. The molecule has 0 fully saturated rings. The lowest BCUT2D eigenvalue weighted by molar-refractivity contribution is -0.120. The topological polar surface area (TPSA) is 64.9 Å². The Morgan fingerprint density at radius 1 is 1.33 bits per heavy atom. The van der Waals surface area contributed by atoms with Gasteiger partial charge in [0.1, 0.15) is 0 Å². The molecule has 3 N–H and O–H groups in total. The first kappa shape index (κ1) is 14.4. The van der Waals surface area contributed by atoms with Crippen molar-refractivity contribution in [3.05, 3.63) is 5.73 Å². The van der Waals surface area contributed by atoms with Gasteiger partial charge in [-0.25, -0.2) is 0 Å². The molecule has 0 heterocycles. The molecule has 90 valence electrons. The van der Waals surface area contributed by atoms with Crippen LogP contribution in [0.3, 0.4) is 0 Å². The largest absolute Gasteiger partial charge is 0.676 e. The predicted molar refractivity (Wildman–Crippen MR) is 63.8 cm³/mol. The van der Waals surface area contributed by atoms with Crippen molar-refractivity contribution in [3.8, 4) is 0 Å². The van der Waals surface area contributed by atoms with E-state index < -0.39 is 0 Å². The van der Waals surface area contributed by atoms with E-state index in [4.69, 9.17) is 5.73 Å². The maximum absolute atomic E-state index is 11.3. The Labute approximate surface area is 93.0 Å². The number of hydrogen-bond donors (Lipinski definition) is 2. The zero-order valence-electron chi connectivity index (χ0n) is 10.2. The van der Waals surface area contributed by atoms with Crippen molar-refractivity contribution in [3.63, 3.8) is 0 Å². The second-order valence-corrected chi connectivity index (χ2v) is 4.47. The van der Waals surface area contributed by atoms with Crippen molar-refractivity contribution >= 4 is 5.91 Å². The second-order valence-electron chi connectivity index (χ2n) is 4.47. The minimum absolute atomic E-state index is 0.0210. The minimum atomic E-state index is -0.277. The second kappa shape index (κ2) is 7.65. The molecule has 0 aliphatic carbocycles. The maximum Gasteiger partial charge on any atom is 0.233 e. The Morgan fingerprint density at radius 2 is 2.00 bits per heavy atom. The molecule has 1 amide bonds. The third-order valence-corrected chi connectivity index (χ3v) is 2.27. The van der Waals surface area contributed by atoms with Crippen LogP contribution < -0.4 is 10.6 Å². The maximum atomic E-state index is 11.3. The minimum Gasteiger partial charge on any atom is -0.676 e. The summed E-state index contributed by atoms with van der Waals surface area (Å²) in [5.74, 6) is 0.0210. The molecule has 0 radical (unpaired) electrons. The van der Waals surface area contributed by atoms with E-state index in [-0.39, 0.29) is 18.0 Å². The van der Waals surface area contributed by atoms with E-state index in [1.54, 1.807) is 0 Å². The highest BCUT2D eigenvalue weighted by atomic mass is 16.1. The van der Waals surface area contributed by atoms with Gasteiger partial charge in [0.15, 0.2) is 0 Å². The summed E-state index contributed by atoms with van der Waals surface area (Å²) >= 11 is 0. The highest BCUT2D eigenvalue weighted by Crippen LogP contribution is 2.00. The van der Waals surface area contributed by atoms with Gasteiger partial charge < -0.3 is 16.4 Å². The Hall–Kier alpha value is -0.610. The van der Waals surface area contributed by atoms with Crippen LogP contribution in [0.1, 0.15) is 40.0 Å². The third-order valence-electron chi connectivity index (χ3n) is 2.27. The molecular formula is C11H24N3O-. The molecule has 0 saturated heterocycles. The number of carbonyl (C=O) groups excluding carboxylic acids is 1. The summed E-state index contributed by atoms with van der Waals surface area (Å²) in [7, 11) is 0. The van der Waals surface area contributed by atoms with Crippen LogP contribution in [-0.4, -0.2) is 31.1 Å². The standard InChI is InChI=1S/C11H24N3O/c1-4-5-6-7-13-10(15)8-14-11(2,3)9-12/h12,14H,4-9H2,1-3H3,(H,13,15)/q-1. The van der Waals surface area contributed by atoms with E-state index >= 15 is 0 Å². The van der Waals surface area contributed by atoms with Gasteiger partial charge in [-0.2, -0.15) is 0 Å². The van der Waals surface area contributed by atoms with E-state index in [0.717, 1.165) is 19.4 Å². The van der Waals surface area contributed by atoms with Gasteiger partial charge in [0.25, 0.3) is 0 Å². The molecule has 0 unspecified atom stereocenters. The van der Waals surface area contributed by atoms with E-state index in [0.29, 0.717) is 6.54 Å². The Bertz CT molecular complexity index is 181. The van der Waals surface area contributed by atoms with E-state index in [2.05, 4.69) is 17.6 Å². The van der Waals surface area contributed by atoms with Crippen LogP contribution in [0.15, 0.2) is 0 Å². The fourth-order valence-corrected chi connectivity index (χ4v) is 1.05. The van der Waals surface area contributed by atoms with Gasteiger partial charge in [-0.05, 0) is 25.8 Å². The summed E-state index contributed by atoms with van der Waals surface area (Å²) in [6.07, 6.45) is 3.37. The number of nitrogens with one attached hydrogen (secondary N) is 3.